The first kappa shape index (κ1) is 23.4. The summed E-state index contributed by atoms with van der Waals surface area (Å²) >= 11 is 0. The summed E-state index contributed by atoms with van der Waals surface area (Å²) in [5.74, 6) is -0.302. The molecule has 2 aromatic rings. The van der Waals surface area contributed by atoms with Gasteiger partial charge in [0.15, 0.2) is 0 Å². The molecule has 0 unspecified atom stereocenters. The van der Waals surface area contributed by atoms with Gasteiger partial charge in [0.2, 0.25) is 5.91 Å². The van der Waals surface area contributed by atoms with E-state index in [0.29, 0.717) is 36.6 Å². The Balaban J connectivity index is 1.62. The lowest BCUT2D eigenvalue weighted by Crippen LogP contribution is -2.42. The Hall–Kier alpha value is -3.29. The number of ether oxygens (including phenoxy) is 1. The molecular formula is C24H32N4O4. The van der Waals surface area contributed by atoms with E-state index in [-0.39, 0.29) is 23.9 Å². The number of nitrogens with zero attached hydrogens (tertiary/aromatic N) is 2. The third-order valence-electron chi connectivity index (χ3n) is 5.25. The van der Waals surface area contributed by atoms with Crippen LogP contribution >= 0.6 is 0 Å². The minimum absolute atomic E-state index is 0.0833. The molecule has 0 bridgehead atoms. The molecule has 1 aliphatic heterocycles. The van der Waals surface area contributed by atoms with Crippen LogP contribution in [0.25, 0.3) is 0 Å². The van der Waals surface area contributed by atoms with Crippen LogP contribution in [-0.4, -0.2) is 46.1 Å². The number of likely N-dealkylation sites (tertiary alicyclic amines) is 1. The molecule has 0 aliphatic carbocycles. The summed E-state index contributed by atoms with van der Waals surface area (Å²) in [7, 11) is 0. The van der Waals surface area contributed by atoms with Gasteiger partial charge in [0.1, 0.15) is 11.3 Å². The average molecular weight is 441 g/mol. The lowest BCUT2D eigenvalue weighted by atomic mass is 10.0. The van der Waals surface area contributed by atoms with Crippen LogP contribution in [0.5, 0.6) is 0 Å². The van der Waals surface area contributed by atoms with Gasteiger partial charge >= 0.3 is 6.09 Å². The number of rotatable bonds is 5. The third kappa shape index (κ3) is 6.12. The summed E-state index contributed by atoms with van der Waals surface area (Å²) in [6, 6.07) is 10.9. The predicted octanol–water partition coefficient (Wildman–Crippen LogP) is 4.66. The van der Waals surface area contributed by atoms with Gasteiger partial charge in [-0.05, 0) is 63.9 Å². The highest BCUT2D eigenvalue weighted by Crippen LogP contribution is 2.26. The van der Waals surface area contributed by atoms with E-state index in [2.05, 4.69) is 10.6 Å². The minimum Gasteiger partial charge on any atom is -0.444 e. The highest BCUT2D eigenvalue weighted by molar-refractivity contribution is 6.03. The molecule has 8 nitrogen and oxygen atoms in total. The van der Waals surface area contributed by atoms with Crippen LogP contribution in [0.1, 0.15) is 63.5 Å². The molecule has 1 aromatic heterocycles. The van der Waals surface area contributed by atoms with E-state index in [1.807, 2.05) is 37.6 Å². The van der Waals surface area contributed by atoms with Crippen LogP contribution in [0.4, 0.5) is 16.2 Å². The van der Waals surface area contributed by atoms with E-state index in [4.69, 9.17) is 4.74 Å². The van der Waals surface area contributed by atoms with E-state index >= 15 is 0 Å². The Morgan fingerprint density at radius 3 is 2.31 bits per heavy atom. The van der Waals surface area contributed by atoms with Crippen molar-refractivity contribution in [3.8, 4) is 0 Å². The number of nitrogens with one attached hydrogen (secondary N) is 2. The molecule has 1 aromatic carbocycles. The quantitative estimate of drug-likeness (QED) is 0.707. The highest BCUT2D eigenvalue weighted by Gasteiger charge is 2.28. The van der Waals surface area contributed by atoms with Gasteiger partial charge in [-0.3, -0.25) is 9.59 Å². The van der Waals surface area contributed by atoms with E-state index in [1.165, 1.54) is 0 Å². The number of aromatic nitrogens is 1. The molecule has 1 fully saturated rings. The summed E-state index contributed by atoms with van der Waals surface area (Å²) in [6.07, 6.45) is 3.48. The number of carbonyl (C=O) groups excluding carboxylic acids is 3. The lowest BCUT2D eigenvalue weighted by Gasteiger charge is -2.34. The predicted molar refractivity (Wildman–Crippen MR) is 124 cm³/mol. The Bertz CT molecular complexity index is 968. The first-order valence-electron chi connectivity index (χ1n) is 11.0. The summed E-state index contributed by atoms with van der Waals surface area (Å²) in [4.78, 5) is 38.6. The molecule has 32 heavy (non-hydrogen) atoms. The molecule has 1 saturated heterocycles. The maximum Gasteiger partial charge on any atom is 0.410 e. The Morgan fingerprint density at radius 2 is 1.69 bits per heavy atom. The molecule has 3 rings (SSSR count). The third-order valence-corrected chi connectivity index (χ3v) is 5.25. The first-order valence-corrected chi connectivity index (χ1v) is 11.0. The van der Waals surface area contributed by atoms with Gasteiger partial charge in [-0.15, -0.1) is 0 Å². The summed E-state index contributed by atoms with van der Waals surface area (Å²) in [5.41, 5.74) is 1.29. The molecule has 0 radical (unpaired) electrons. The number of piperidine rings is 1. The lowest BCUT2D eigenvalue weighted by molar-refractivity contribution is -0.115. The van der Waals surface area contributed by atoms with Gasteiger partial charge in [-0.1, -0.05) is 13.0 Å². The first-order chi connectivity index (χ1) is 15.2. The fourth-order valence-corrected chi connectivity index (χ4v) is 3.68. The number of hydrogen-bond acceptors (Lipinski definition) is 4. The maximum atomic E-state index is 13.0. The molecule has 8 heteroatoms. The van der Waals surface area contributed by atoms with Crippen LogP contribution < -0.4 is 10.6 Å². The summed E-state index contributed by atoms with van der Waals surface area (Å²) in [5, 5.41) is 5.71. The second-order valence-electron chi connectivity index (χ2n) is 8.94. The SMILES string of the molecule is CCC(=O)Nc1cccc(NC(=O)c2cccn2C2CCN(C(=O)OC(C)(C)C)CC2)c1. The Labute approximate surface area is 188 Å². The number of hydrogen-bond donors (Lipinski definition) is 2. The van der Waals surface area contributed by atoms with Gasteiger partial charge in [-0.2, -0.15) is 0 Å². The van der Waals surface area contributed by atoms with Crippen LogP contribution in [-0.2, 0) is 9.53 Å². The molecule has 0 saturated carbocycles. The molecule has 0 atom stereocenters. The molecular weight excluding hydrogens is 408 g/mol. The molecule has 0 spiro atoms. The van der Waals surface area contributed by atoms with E-state index in [0.717, 1.165) is 12.8 Å². The molecule has 2 heterocycles. The monoisotopic (exact) mass is 440 g/mol. The Kier molecular flexibility index (Phi) is 7.22. The van der Waals surface area contributed by atoms with Crippen LogP contribution in [0.15, 0.2) is 42.6 Å². The Morgan fingerprint density at radius 1 is 1.03 bits per heavy atom. The molecule has 3 amide bonds. The zero-order valence-electron chi connectivity index (χ0n) is 19.2. The van der Waals surface area contributed by atoms with Crippen molar-refractivity contribution >= 4 is 29.3 Å². The average Bonchev–Trinajstić information content (AvgIpc) is 3.23. The largest absolute Gasteiger partial charge is 0.444 e. The van der Waals surface area contributed by atoms with E-state index in [9.17, 15) is 14.4 Å². The fraction of sp³-hybridized carbons (Fsp3) is 0.458. The van der Waals surface area contributed by atoms with Crippen molar-refractivity contribution in [1.82, 2.24) is 9.47 Å². The zero-order chi connectivity index (χ0) is 23.3. The van der Waals surface area contributed by atoms with Gasteiger partial charge in [0.25, 0.3) is 5.91 Å². The fourth-order valence-electron chi connectivity index (χ4n) is 3.68. The van der Waals surface area contributed by atoms with Gasteiger partial charge in [-0.25, -0.2) is 4.79 Å². The van der Waals surface area contributed by atoms with Crippen molar-refractivity contribution in [2.75, 3.05) is 23.7 Å². The van der Waals surface area contributed by atoms with Crippen LogP contribution in [0, 0.1) is 0 Å². The highest BCUT2D eigenvalue weighted by atomic mass is 16.6. The summed E-state index contributed by atoms with van der Waals surface area (Å²) in [6.45, 7) is 8.52. The van der Waals surface area contributed by atoms with Crippen molar-refractivity contribution in [3.05, 3.63) is 48.3 Å². The standard InChI is InChI=1S/C24H32N4O4/c1-5-21(29)25-17-8-6-9-18(16-17)26-22(30)20-10-7-13-28(20)19-11-14-27(15-12-19)23(31)32-24(2,3)4/h6-10,13,16,19H,5,11-12,14-15H2,1-4H3,(H,25,29)(H,26,30). The zero-order valence-corrected chi connectivity index (χ0v) is 19.2. The molecule has 2 N–H and O–H groups in total. The smallest absolute Gasteiger partial charge is 0.410 e. The van der Waals surface area contributed by atoms with Crippen LogP contribution in [0.3, 0.4) is 0 Å². The van der Waals surface area contributed by atoms with Gasteiger partial charge < -0.3 is 24.8 Å². The summed E-state index contributed by atoms with van der Waals surface area (Å²) < 4.78 is 7.44. The molecule has 1 aliphatic rings. The number of carbonyl (C=O) groups is 3. The minimum atomic E-state index is -0.518. The number of amides is 3. The van der Waals surface area contributed by atoms with Crippen molar-refractivity contribution in [2.24, 2.45) is 0 Å². The van der Waals surface area contributed by atoms with Crippen molar-refractivity contribution in [2.45, 2.75) is 58.6 Å². The van der Waals surface area contributed by atoms with Crippen molar-refractivity contribution in [1.29, 1.82) is 0 Å². The van der Waals surface area contributed by atoms with E-state index < -0.39 is 5.60 Å². The topological polar surface area (TPSA) is 92.7 Å². The second kappa shape index (κ2) is 9.89. The maximum absolute atomic E-state index is 13.0. The number of benzene rings is 1. The number of anilines is 2. The van der Waals surface area contributed by atoms with Gasteiger partial charge in [0, 0.05) is 43.1 Å². The van der Waals surface area contributed by atoms with Crippen LogP contribution in [0.2, 0.25) is 0 Å². The second-order valence-corrected chi connectivity index (χ2v) is 8.94. The van der Waals surface area contributed by atoms with E-state index in [1.54, 1.807) is 42.2 Å². The van der Waals surface area contributed by atoms with Crippen molar-refractivity contribution in [3.63, 3.8) is 0 Å². The molecule has 172 valence electrons. The normalized spacial score (nSPS) is 14.7. The van der Waals surface area contributed by atoms with Gasteiger partial charge in [0.05, 0.1) is 0 Å². The van der Waals surface area contributed by atoms with Crippen molar-refractivity contribution < 1.29 is 19.1 Å².